The summed E-state index contributed by atoms with van der Waals surface area (Å²) in [5.41, 5.74) is 5.78. The number of carbonyl (C=O) groups excluding carboxylic acids is 1. The highest BCUT2D eigenvalue weighted by Gasteiger charge is 2.18. The maximum absolute atomic E-state index is 11.6. The first-order valence-electron chi connectivity index (χ1n) is 5.52. The molecule has 1 heterocycles. The fourth-order valence-electron chi connectivity index (χ4n) is 1.28. The van der Waals surface area contributed by atoms with Crippen molar-refractivity contribution in [1.29, 1.82) is 0 Å². The molecule has 2 atom stereocenters. The van der Waals surface area contributed by atoms with Crippen LogP contribution in [-0.2, 0) is 11.3 Å². The lowest BCUT2D eigenvalue weighted by atomic mass is 9.99. The fraction of sp³-hybridized carbons (Fsp3) is 0.700. The smallest absolute Gasteiger partial charge is 0.237 e. The number of nitrogens with zero attached hydrogens (tertiary/aromatic N) is 3. The van der Waals surface area contributed by atoms with E-state index in [2.05, 4.69) is 15.6 Å². The summed E-state index contributed by atoms with van der Waals surface area (Å²) in [4.78, 5) is 11.6. The van der Waals surface area contributed by atoms with Gasteiger partial charge in [-0.3, -0.25) is 9.48 Å². The standard InChI is InChI=1S/C10H19N5O/c1-3-8(2)9(11)10(16)12-4-6-15-7-5-13-14-15/h5,7-9H,3-4,6,11H2,1-2H3,(H,12,16). The summed E-state index contributed by atoms with van der Waals surface area (Å²) in [7, 11) is 0. The van der Waals surface area contributed by atoms with Crippen LogP contribution in [0.2, 0.25) is 0 Å². The van der Waals surface area contributed by atoms with E-state index in [0.717, 1.165) is 6.42 Å². The minimum Gasteiger partial charge on any atom is -0.353 e. The van der Waals surface area contributed by atoms with Crippen LogP contribution in [0.1, 0.15) is 20.3 Å². The van der Waals surface area contributed by atoms with Crippen molar-refractivity contribution in [1.82, 2.24) is 20.3 Å². The average Bonchev–Trinajstić information content (AvgIpc) is 2.79. The third-order valence-corrected chi connectivity index (χ3v) is 2.67. The molecule has 0 spiro atoms. The van der Waals surface area contributed by atoms with E-state index in [1.165, 1.54) is 0 Å². The van der Waals surface area contributed by atoms with Gasteiger partial charge in [-0.05, 0) is 5.92 Å². The average molecular weight is 225 g/mol. The molecule has 0 saturated heterocycles. The first-order valence-corrected chi connectivity index (χ1v) is 5.52. The first-order chi connectivity index (χ1) is 7.65. The van der Waals surface area contributed by atoms with E-state index in [1.54, 1.807) is 17.1 Å². The zero-order chi connectivity index (χ0) is 12.0. The van der Waals surface area contributed by atoms with Crippen molar-refractivity contribution in [2.45, 2.75) is 32.9 Å². The van der Waals surface area contributed by atoms with Gasteiger partial charge in [0, 0.05) is 12.7 Å². The van der Waals surface area contributed by atoms with Gasteiger partial charge in [0.1, 0.15) is 0 Å². The third kappa shape index (κ3) is 3.62. The van der Waals surface area contributed by atoms with Crippen LogP contribution in [-0.4, -0.2) is 33.5 Å². The van der Waals surface area contributed by atoms with Crippen LogP contribution in [0.5, 0.6) is 0 Å². The van der Waals surface area contributed by atoms with Crippen LogP contribution in [0.3, 0.4) is 0 Å². The molecule has 0 saturated carbocycles. The Morgan fingerprint density at radius 3 is 2.94 bits per heavy atom. The lowest BCUT2D eigenvalue weighted by Crippen LogP contribution is -2.45. The minimum absolute atomic E-state index is 0.102. The number of nitrogens with one attached hydrogen (secondary N) is 1. The van der Waals surface area contributed by atoms with E-state index in [0.29, 0.717) is 13.1 Å². The highest BCUT2D eigenvalue weighted by Crippen LogP contribution is 2.04. The number of nitrogens with two attached hydrogens (primary N) is 1. The maximum Gasteiger partial charge on any atom is 0.237 e. The Morgan fingerprint density at radius 2 is 2.38 bits per heavy atom. The van der Waals surface area contributed by atoms with Crippen molar-refractivity contribution in [3.63, 3.8) is 0 Å². The number of hydrogen-bond acceptors (Lipinski definition) is 4. The number of rotatable bonds is 6. The second kappa shape index (κ2) is 6.22. The lowest BCUT2D eigenvalue weighted by Gasteiger charge is -2.17. The highest BCUT2D eigenvalue weighted by molar-refractivity contribution is 5.81. The van der Waals surface area contributed by atoms with Crippen molar-refractivity contribution in [2.75, 3.05) is 6.54 Å². The van der Waals surface area contributed by atoms with E-state index >= 15 is 0 Å². The molecule has 3 N–H and O–H groups in total. The van der Waals surface area contributed by atoms with Gasteiger partial charge in [-0.1, -0.05) is 25.5 Å². The molecule has 1 aromatic rings. The van der Waals surface area contributed by atoms with Crippen molar-refractivity contribution in [3.05, 3.63) is 12.4 Å². The van der Waals surface area contributed by atoms with E-state index in [9.17, 15) is 4.79 Å². The monoisotopic (exact) mass is 225 g/mol. The first kappa shape index (κ1) is 12.6. The van der Waals surface area contributed by atoms with E-state index in [-0.39, 0.29) is 11.8 Å². The Labute approximate surface area is 95.2 Å². The quantitative estimate of drug-likeness (QED) is 0.700. The number of amides is 1. The highest BCUT2D eigenvalue weighted by atomic mass is 16.2. The Balaban J connectivity index is 2.24. The molecule has 0 fully saturated rings. The van der Waals surface area contributed by atoms with Crippen molar-refractivity contribution in [2.24, 2.45) is 11.7 Å². The Kier molecular flexibility index (Phi) is 4.91. The molecule has 2 unspecified atom stereocenters. The molecule has 6 heteroatoms. The summed E-state index contributed by atoms with van der Waals surface area (Å²) >= 11 is 0. The third-order valence-electron chi connectivity index (χ3n) is 2.67. The number of hydrogen-bond donors (Lipinski definition) is 2. The molecule has 1 amide bonds. The van der Waals surface area contributed by atoms with Gasteiger partial charge in [-0.25, -0.2) is 0 Å². The molecule has 16 heavy (non-hydrogen) atoms. The lowest BCUT2D eigenvalue weighted by molar-refractivity contribution is -0.123. The minimum atomic E-state index is -0.430. The normalized spacial score (nSPS) is 14.4. The van der Waals surface area contributed by atoms with E-state index < -0.39 is 6.04 Å². The molecule has 0 aliphatic rings. The van der Waals surface area contributed by atoms with E-state index in [4.69, 9.17) is 5.73 Å². The van der Waals surface area contributed by atoms with Crippen LogP contribution in [0.15, 0.2) is 12.4 Å². The molecule has 0 aromatic carbocycles. The molecular weight excluding hydrogens is 206 g/mol. The molecule has 1 aromatic heterocycles. The summed E-state index contributed by atoms with van der Waals surface area (Å²) in [5, 5.41) is 10.2. The predicted molar refractivity (Wildman–Crippen MR) is 60.5 cm³/mol. The zero-order valence-electron chi connectivity index (χ0n) is 9.76. The summed E-state index contributed by atoms with van der Waals surface area (Å²) in [5.74, 6) is 0.0980. The number of aromatic nitrogens is 3. The Bertz CT molecular complexity index is 311. The van der Waals surface area contributed by atoms with Gasteiger partial charge in [-0.2, -0.15) is 0 Å². The van der Waals surface area contributed by atoms with Gasteiger partial charge in [-0.15, -0.1) is 5.10 Å². The molecule has 90 valence electrons. The summed E-state index contributed by atoms with van der Waals surface area (Å²) in [6.45, 7) is 5.13. The predicted octanol–water partition coefficient (Wildman–Crippen LogP) is -0.232. The summed E-state index contributed by atoms with van der Waals surface area (Å²) < 4.78 is 1.66. The largest absolute Gasteiger partial charge is 0.353 e. The molecule has 0 radical (unpaired) electrons. The second-order valence-corrected chi connectivity index (χ2v) is 3.87. The SMILES string of the molecule is CCC(C)C(N)C(=O)NCCn1ccnn1. The van der Waals surface area contributed by atoms with Gasteiger partial charge >= 0.3 is 0 Å². The van der Waals surface area contributed by atoms with Crippen LogP contribution < -0.4 is 11.1 Å². The van der Waals surface area contributed by atoms with Crippen LogP contribution >= 0.6 is 0 Å². The molecule has 0 aliphatic carbocycles. The summed E-state index contributed by atoms with van der Waals surface area (Å²) in [6, 6.07) is -0.430. The second-order valence-electron chi connectivity index (χ2n) is 3.87. The van der Waals surface area contributed by atoms with Crippen molar-refractivity contribution < 1.29 is 4.79 Å². The Morgan fingerprint density at radius 1 is 1.62 bits per heavy atom. The topological polar surface area (TPSA) is 85.8 Å². The van der Waals surface area contributed by atoms with Gasteiger partial charge in [0.15, 0.2) is 0 Å². The van der Waals surface area contributed by atoms with Crippen LogP contribution in [0, 0.1) is 5.92 Å². The fourth-order valence-corrected chi connectivity index (χ4v) is 1.28. The van der Waals surface area contributed by atoms with E-state index in [1.807, 2.05) is 13.8 Å². The van der Waals surface area contributed by atoms with Gasteiger partial charge in [0.05, 0.1) is 18.8 Å². The van der Waals surface area contributed by atoms with Gasteiger partial charge < -0.3 is 11.1 Å². The maximum atomic E-state index is 11.6. The molecule has 0 aliphatic heterocycles. The van der Waals surface area contributed by atoms with Gasteiger partial charge in [0.25, 0.3) is 0 Å². The molecule has 0 bridgehead atoms. The molecule has 1 rings (SSSR count). The number of carbonyl (C=O) groups is 1. The van der Waals surface area contributed by atoms with Crippen molar-refractivity contribution in [3.8, 4) is 0 Å². The van der Waals surface area contributed by atoms with Gasteiger partial charge in [0.2, 0.25) is 5.91 Å². The van der Waals surface area contributed by atoms with Crippen LogP contribution in [0.4, 0.5) is 0 Å². The molecule has 6 nitrogen and oxygen atoms in total. The Hall–Kier alpha value is -1.43. The molecular formula is C10H19N5O. The van der Waals surface area contributed by atoms with Crippen LogP contribution in [0.25, 0.3) is 0 Å². The zero-order valence-corrected chi connectivity index (χ0v) is 9.76. The van der Waals surface area contributed by atoms with Crippen molar-refractivity contribution >= 4 is 5.91 Å². The summed E-state index contributed by atoms with van der Waals surface area (Å²) in [6.07, 6.45) is 4.26.